The molecule has 2 aromatic carbocycles. The van der Waals surface area contributed by atoms with E-state index in [4.69, 9.17) is 14.6 Å². The van der Waals surface area contributed by atoms with Crippen molar-refractivity contribution in [2.24, 2.45) is 0 Å². The minimum atomic E-state index is -1.10. The molecule has 0 aliphatic heterocycles. The number of benzene rings is 2. The lowest BCUT2D eigenvalue weighted by Gasteiger charge is -2.11. The van der Waals surface area contributed by atoms with Crippen molar-refractivity contribution in [2.45, 2.75) is 6.61 Å². The summed E-state index contributed by atoms with van der Waals surface area (Å²) in [5.41, 5.74) is 0.0931. The molecule has 0 saturated carbocycles. The Morgan fingerprint density at radius 2 is 1.90 bits per heavy atom. The van der Waals surface area contributed by atoms with Gasteiger partial charge in [-0.3, -0.25) is 0 Å². The topological polar surface area (TPSA) is 55.8 Å². The van der Waals surface area contributed by atoms with Crippen LogP contribution in [-0.4, -0.2) is 18.2 Å². The van der Waals surface area contributed by atoms with Gasteiger partial charge in [0.05, 0.1) is 12.7 Å². The molecule has 2 aromatic rings. The van der Waals surface area contributed by atoms with Crippen LogP contribution in [0.4, 0.5) is 8.78 Å². The highest BCUT2D eigenvalue weighted by atomic mass is 19.1. The Labute approximate surface area is 119 Å². The van der Waals surface area contributed by atoms with Gasteiger partial charge in [0.25, 0.3) is 0 Å². The van der Waals surface area contributed by atoms with E-state index >= 15 is 0 Å². The third-order valence-electron chi connectivity index (χ3n) is 2.80. The molecule has 1 N–H and O–H groups in total. The fourth-order valence-electron chi connectivity index (χ4n) is 1.73. The predicted molar refractivity (Wildman–Crippen MR) is 70.6 cm³/mol. The number of rotatable bonds is 5. The van der Waals surface area contributed by atoms with E-state index < -0.39 is 17.6 Å². The molecule has 0 heterocycles. The number of halogens is 2. The third-order valence-corrected chi connectivity index (χ3v) is 2.80. The van der Waals surface area contributed by atoms with Gasteiger partial charge in [0, 0.05) is 5.56 Å². The molecule has 0 aliphatic carbocycles. The Kier molecular flexibility index (Phi) is 4.37. The molecule has 0 amide bonds. The van der Waals surface area contributed by atoms with E-state index in [2.05, 4.69) is 0 Å². The fourth-order valence-corrected chi connectivity index (χ4v) is 1.73. The molecular formula is C15H12F2O4. The summed E-state index contributed by atoms with van der Waals surface area (Å²) in [6.45, 7) is -0.202. The molecule has 110 valence electrons. The Bertz CT molecular complexity index is 671. The number of methoxy groups -OCH3 is 1. The molecule has 0 unspecified atom stereocenters. The van der Waals surface area contributed by atoms with Crippen molar-refractivity contribution in [1.29, 1.82) is 0 Å². The summed E-state index contributed by atoms with van der Waals surface area (Å²) in [5, 5.41) is 8.88. The molecule has 0 aliphatic rings. The van der Waals surface area contributed by atoms with Crippen molar-refractivity contribution >= 4 is 5.97 Å². The van der Waals surface area contributed by atoms with Crippen LogP contribution in [0.25, 0.3) is 0 Å². The van der Waals surface area contributed by atoms with E-state index in [9.17, 15) is 13.6 Å². The first-order valence-electron chi connectivity index (χ1n) is 5.99. The van der Waals surface area contributed by atoms with Crippen LogP contribution in [0.5, 0.6) is 11.5 Å². The minimum Gasteiger partial charge on any atom is -0.493 e. The smallest absolute Gasteiger partial charge is 0.335 e. The zero-order valence-electron chi connectivity index (χ0n) is 11.1. The van der Waals surface area contributed by atoms with Crippen LogP contribution in [0.3, 0.4) is 0 Å². The van der Waals surface area contributed by atoms with Gasteiger partial charge in [0.1, 0.15) is 18.2 Å². The van der Waals surface area contributed by atoms with Crippen molar-refractivity contribution < 1.29 is 28.2 Å². The zero-order valence-corrected chi connectivity index (χ0v) is 11.1. The van der Waals surface area contributed by atoms with Crippen molar-refractivity contribution in [1.82, 2.24) is 0 Å². The standard InChI is InChI=1S/C15H12F2O4/c1-20-14-7-9(15(18)19)2-5-13(14)21-8-10-6-11(16)3-4-12(10)17/h2-7H,8H2,1H3,(H,18,19). The van der Waals surface area contributed by atoms with Gasteiger partial charge in [-0.2, -0.15) is 0 Å². The van der Waals surface area contributed by atoms with Crippen molar-refractivity contribution in [3.8, 4) is 11.5 Å². The number of aromatic carboxylic acids is 1. The number of ether oxygens (including phenoxy) is 2. The summed E-state index contributed by atoms with van der Waals surface area (Å²) in [4.78, 5) is 10.9. The highest BCUT2D eigenvalue weighted by molar-refractivity contribution is 5.88. The Morgan fingerprint density at radius 3 is 2.57 bits per heavy atom. The number of carbonyl (C=O) groups is 1. The van der Waals surface area contributed by atoms with Gasteiger partial charge < -0.3 is 14.6 Å². The van der Waals surface area contributed by atoms with Crippen LogP contribution < -0.4 is 9.47 Å². The zero-order chi connectivity index (χ0) is 15.4. The van der Waals surface area contributed by atoms with Gasteiger partial charge in [0.2, 0.25) is 0 Å². The molecule has 6 heteroatoms. The second kappa shape index (κ2) is 6.21. The molecule has 0 saturated heterocycles. The van der Waals surface area contributed by atoms with E-state index in [1.54, 1.807) is 0 Å². The maximum Gasteiger partial charge on any atom is 0.335 e. The molecule has 0 atom stereocenters. The average molecular weight is 294 g/mol. The maximum absolute atomic E-state index is 13.5. The molecule has 0 fully saturated rings. The van der Waals surface area contributed by atoms with E-state index in [0.29, 0.717) is 0 Å². The van der Waals surface area contributed by atoms with Gasteiger partial charge in [-0.15, -0.1) is 0 Å². The van der Waals surface area contributed by atoms with Gasteiger partial charge in [0.15, 0.2) is 11.5 Å². The van der Waals surface area contributed by atoms with Crippen LogP contribution in [0, 0.1) is 11.6 Å². The molecule has 2 rings (SSSR count). The Hall–Kier alpha value is -2.63. The summed E-state index contributed by atoms with van der Waals surface area (Å²) >= 11 is 0. The summed E-state index contributed by atoms with van der Waals surface area (Å²) in [6.07, 6.45) is 0. The minimum absolute atomic E-state index is 0.0381. The highest BCUT2D eigenvalue weighted by Gasteiger charge is 2.11. The van der Waals surface area contributed by atoms with Crippen LogP contribution in [0.2, 0.25) is 0 Å². The summed E-state index contributed by atoms with van der Waals surface area (Å²) in [7, 11) is 1.36. The van der Waals surface area contributed by atoms with Crippen molar-refractivity contribution in [3.05, 3.63) is 59.2 Å². The van der Waals surface area contributed by atoms with Gasteiger partial charge >= 0.3 is 5.97 Å². The quantitative estimate of drug-likeness (QED) is 0.919. The second-order valence-electron chi connectivity index (χ2n) is 4.20. The monoisotopic (exact) mass is 294 g/mol. The summed E-state index contributed by atoms with van der Waals surface area (Å²) in [6, 6.07) is 7.09. The molecule has 0 spiro atoms. The molecule has 0 aromatic heterocycles. The van der Waals surface area contributed by atoms with Crippen LogP contribution in [0.15, 0.2) is 36.4 Å². The van der Waals surface area contributed by atoms with Gasteiger partial charge in [-0.25, -0.2) is 13.6 Å². The normalized spacial score (nSPS) is 10.2. The predicted octanol–water partition coefficient (Wildman–Crippen LogP) is 3.25. The number of carboxylic acids is 1. The van der Waals surface area contributed by atoms with E-state index in [0.717, 1.165) is 18.2 Å². The Balaban J connectivity index is 2.19. The van der Waals surface area contributed by atoms with Crippen molar-refractivity contribution in [2.75, 3.05) is 7.11 Å². The SMILES string of the molecule is COc1cc(C(=O)O)ccc1OCc1cc(F)ccc1F. The van der Waals surface area contributed by atoms with Gasteiger partial charge in [-0.1, -0.05) is 0 Å². The fraction of sp³-hybridized carbons (Fsp3) is 0.133. The molecule has 0 bridgehead atoms. The summed E-state index contributed by atoms with van der Waals surface area (Å²) in [5.74, 6) is -1.81. The van der Waals surface area contributed by atoms with Gasteiger partial charge in [-0.05, 0) is 36.4 Å². The highest BCUT2D eigenvalue weighted by Crippen LogP contribution is 2.29. The van der Waals surface area contributed by atoms with E-state index in [1.165, 1.54) is 25.3 Å². The molecule has 0 radical (unpaired) electrons. The lowest BCUT2D eigenvalue weighted by Crippen LogP contribution is -2.02. The lowest BCUT2D eigenvalue weighted by atomic mass is 10.2. The van der Waals surface area contributed by atoms with Crippen molar-refractivity contribution in [3.63, 3.8) is 0 Å². The van der Waals surface area contributed by atoms with E-state index in [1.807, 2.05) is 0 Å². The number of carboxylic acid groups (broad SMARTS) is 1. The molecule has 4 nitrogen and oxygen atoms in total. The Morgan fingerprint density at radius 1 is 1.14 bits per heavy atom. The maximum atomic E-state index is 13.5. The summed E-state index contributed by atoms with van der Waals surface area (Å²) < 4.78 is 36.9. The average Bonchev–Trinajstić information content (AvgIpc) is 2.47. The first-order valence-corrected chi connectivity index (χ1v) is 5.99. The number of hydrogen-bond acceptors (Lipinski definition) is 3. The van der Waals surface area contributed by atoms with E-state index in [-0.39, 0.29) is 29.2 Å². The lowest BCUT2D eigenvalue weighted by molar-refractivity contribution is 0.0696. The molecular weight excluding hydrogens is 282 g/mol. The van der Waals surface area contributed by atoms with Crippen LogP contribution in [-0.2, 0) is 6.61 Å². The first-order chi connectivity index (χ1) is 10.0. The second-order valence-corrected chi connectivity index (χ2v) is 4.20. The largest absolute Gasteiger partial charge is 0.493 e. The molecule has 21 heavy (non-hydrogen) atoms. The number of hydrogen-bond donors (Lipinski definition) is 1. The van der Waals surface area contributed by atoms with Crippen LogP contribution in [0.1, 0.15) is 15.9 Å². The third kappa shape index (κ3) is 3.47. The van der Waals surface area contributed by atoms with Crippen LogP contribution >= 0.6 is 0 Å². The first kappa shape index (κ1) is 14.8.